The summed E-state index contributed by atoms with van der Waals surface area (Å²) < 4.78 is 11.0. The first-order valence-corrected chi connectivity index (χ1v) is 12.0. The number of thiophene rings is 1. The molecule has 1 N–H and O–H groups in total. The summed E-state index contributed by atoms with van der Waals surface area (Å²) in [6, 6.07) is 0.413. The van der Waals surface area contributed by atoms with Crippen molar-refractivity contribution in [2.45, 2.75) is 52.2 Å². The largest absolute Gasteiger partial charge is 0.462 e. The lowest BCUT2D eigenvalue weighted by Crippen LogP contribution is -2.44. The molecule has 6 nitrogen and oxygen atoms in total. The summed E-state index contributed by atoms with van der Waals surface area (Å²) >= 11 is 3.38. The van der Waals surface area contributed by atoms with Crippen LogP contribution < -0.4 is 5.32 Å². The number of esters is 1. The van der Waals surface area contributed by atoms with Crippen LogP contribution in [0, 0.1) is 13.8 Å². The SMILES string of the molecule is CCOC(=O)c1c(NC(=O)CN(CC2CCCO2)C2CCSC2)sc(C)c1C. The topological polar surface area (TPSA) is 67.9 Å². The Kier molecular flexibility index (Phi) is 7.79. The molecule has 2 unspecified atom stereocenters. The molecule has 2 aliphatic rings. The Hall–Kier alpha value is -1.09. The molecular formula is C20H30N2O4S2. The Morgan fingerprint density at radius 1 is 1.32 bits per heavy atom. The zero-order valence-corrected chi connectivity index (χ0v) is 18.5. The fourth-order valence-corrected chi connectivity index (χ4v) is 6.04. The quantitative estimate of drug-likeness (QED) is 0.642. The van der Waals surface area contributed by atoms with Gasteiger partial charge in [-0.2, -0.15) is 11.8 Å². The van der Waals surface area contributed by atoms with Crippen molar-refractivity contribution in [1.82, 2.24) is 4.90 Å². The number of ether oxygens (including phenoxy) is 2. The van der Waals surface area contributed by atoms with Gasteiger partial charge in [0, 0.05) is 29.8 Å². The van der Waals surface area contributed by atoms with Gasteiger partial charge in [0.15, 0.2) is 0 Å². The molecule has 2 fully saturated rings. The van der Waals surface area contributed by atoms with Crippen molar-refractivity contribution < 1.29 is 19.1 Å². The Labute approximate surface area is 175 Å². The summed E-state index contributed by atoms with van der Waals surface area (Å²) in [7, 11) is 0. The minimum Gasteiger partial charge on any atom is -0.462 e. The molecule has 1 aromatic rings. The minimum atomic E-state index is -0.372. The highest BCUT2D eigenvalue weighted by molar-refractivity contribution is 7.99. The summed E-state index contributed by atoms with van der Waals surface area (Å²) in [5.74, 6) is 1.75. The molecule has 2 atom stereocenters. The van der Waals surface area contributed by atoms with Gasteiger partial charge in [0.05, 0.1) is 24.8 Å². The molecule has 3 rings (SSSR count). The van der Waals surface area contributed by atoms with Crippen LogP contribution >= 0.6 is 23.1 Å². The van der Waals surface area contributed by atoms with Crippen molar-refractivity contribution in [3.05, 3.63) is 16.0 Å². The van der Waals surface area contributed by atoms with Crippen molar-refractivity contribution in [3.63, 3.8) is 0 Å². The lowest BCUT2D eigenvalue weighted by Gasteiger charge is -2.29. The highest BCUT2D eigenvalue weighted by atomic mass is 32.2. The van der Waals surface area contributed by atoms with Crippen LogP contribution in [0.3, 0.4) is 0 Å². The highest BCUT2D eigenvalue weighted by Gasteiger charge is 2.29. The van der Waals surface area contributed by atoms with E-state index in [9.17, 15) is 9.59 Å². The fourth-order valence-electron chi connectivity index (χ4n) is 3.72. The molecule has 0 saturated carbocycles. The first kappa shape index (κ1) is 21.6. The predicted molar refractivity (Wildman–Crippen MR) is 115 cm³/mol. The number of amides is 1. The second-order valence-electron chi connectivity index (χ2n) is 7.34. The van der Waals surface area contributed by atoms with Gasteiger partial charge in [-0.15, -0.1) is 11.3 Å². The van der Waals surface area contributed by atoms with E-state index >= 15 is 0 Å². The second kappa shape index (κ2) is 10.1. The summed E-state index contributed by atoms with van der Waals surface area (Å²) in [5, 5.41) is 3.57. The molecule has 2 aliphatic heterocycles. The van der Waals surface area contributed by atoms with E-state index in [1.165, 1.54) is 11.3 Å². The fraction of sp³-hybridized carbons (Fsp3) is 0.700. The molecule has 8 heteroatoms. The lowest BCUT2D eigenvalue weighted by molar-refractivity contribution is -0.118. The van der Waals surface area contributed by atoms with Crippen LogP contribution in [0.15, 0.2) is 0 Å². The number of rotatable bonds is 8. The van der Waals surface area contributed by atoms with Crippen molar-refractivity contribution >= 4 is 40.0 Å². The standard InChI is InChI=1S/C20H30N2O4S2/c1-4-25-20(24)18-13(2)14(3)28-19(18)21-17(23)11-22(15-7-9-27-12-15)10-16-6-5-8-26-16/h15-16H,4-12H2,1-3H3,(H,21,23). The molecule has 1 aromatic heterocycles. The van der Waals surface area contributed by atoms with Gasteiger partial charge < -0.3 is 14.8 Å². The number of hydrogen-bond donors (Lipinski definition) is 1. The van der Waals surface area contributed by atoms with Gasteiger partial charge >= 0.3 is 5.97 Å². The normalized spacial score (nSPS) is 22.0. The molecule has 28 heavy (non-hydrogen) atoms. The van der Waals surface area contributed by atoms with Crippen LogP contribution in [0.5, 0.6) is 0 Å². The smallest absolute Gasteiger partial charge is 0.341 e. The van der Waals surface area contributed by atoms with E-state index in [0.717, 1.165) is 54.4 Å². The van der Waals surface area contributed by atoms with Crippen LogP contribution in [0.1, 0.15) is 47.0 Å². The first-order chi connectivity index (χ1) is 13.5. The van der Waals surface area contributed by atoms with E-state index in [0.29, 0.717) is 29.8 Å². The summed E-state index contributed by atoms with van der Waals surface area (Å²) in [6.45, 7) is 7.89. The zero-order valence-electron chi connectivity index (χ0n) is 16.9. The van der Waals surface area contributed by atoms with Crippen molar-refractivity contribution in [2.24, 2.45) is 0 Å². The van der Waals surface area contributed by atoms with Crippen molar-refractivity contribution in [1.29, 1.82) is 0 Å². The highest BCUT2D eigenvalue weighted by Crippen LogP contribution is 2.33. The molecule has 0 radical (unpaired) electrons. The zero-order chi connectivity index (χ0) is 20.1. The maximum Gasteiger partial charge on any atom is 0.341 e. The maximum absolute atomic E-state index is 12.9. The van der Waals surface area contributed by atoms with E-state index in [-0.39, 0.29) is 18.0 Å². The molecule has 3 heterocycles. The monoisotopic (exact) mass is 426 g/mol. The van der Waals surface area contributed by atoms with Crippen LogP contribution in [-0.2, 0) is 14.3 Å². The van der Waals surface area contributed by atoms with Crippen molar-refractivity contribution in [2.75, 3.05) is 43.1 Å². The number of nitrogens with one attached hydrogen (secondary N) is 1. The minimum absolute atomic E-state index is 0.0818. The molecule has 156 valence electrons. The van der Waals surface area contributed by atoms with Crippen LogP contribution in [0.25, 0.3) is 0 Å². The average Bonchev–Trinajstić information content (AvgIpc) is 3.38. The average molecular weight is 427 g/mol. The number of thioether (sulfide) groups is 1. The first-order valence-electron chi connectivity index (χ1n) is 10.00. The van der Waals surface area contributed by atoms with E-state index in [1.54, 1.807) is 6.92 Å². The molecule has 0 spiro atoms. The number of carbonyl (C=O) groups is 2. The molecular weight excluding hydrogens is 396 g/mol. The van der Waals surface area contributed by atoms with E-state index < -0.39 is 0 Å². The Morgan fingerprint density at radius 3 is 2.79 bits per heavy atom. The molecule has 0 bridgehead atoms. The van der Waals surface area contributed by atoms with Crippen LogP contribution in [0.2, 0.25) is 0 Å². The van der Waals surface area contributed by atoms with Gasteiger partial charge in [-0.1, -0.05) is 0 Å². The Bertz CT molecular complexity index is 695. The third-order valence-electron chi connectivity index (χ3n) is 5.35. The summed E-state index contributed by atoms with van der Waals surface area (Å²) in [6.07, 6.45) is 3.49. The maximum atomic E-state index is 12.9. The molecule has 0 aliphatic carbocycles. The second-order valence-corrected chi connectivity index (χ2v) is 9.71. The molecule has 1 amide bonds. The summed E-state index contributed by atoms with van der Waals surface area (Å²) in [5.41, 5.74) is 1.36. The molecule has 2 saturated heterocycles. The van der Waals surface area contributed by atoms with E-state index in [2.05, 4.69) is 10.2 Å². The predicted octanol–water partition coefficient (Wildman–Crippen LogP) is 3.47. The van der Waals surface area contributed by atoms with Gasteiger partial charge in [-0.25, -0.2) is 4.79 Å². The third-order valence-corrected chi connectivity index (χ3v) is 7.62. The van der Waals surface area contributed by atoms with Gasteiger partial charge in [-0.05, 0) is 51.3 Å². The molecule has 0 aromatic carbocycles. The van der Waals surface area contributed by atoms with Gasteiger partial charge in [0.2, 0.25) is 5.91 Å². The lowest BCUT2D eigenvalue weighted by atomic mass is 10.1. The van der Waals surface area contributed by atoms with Crippen LogP contribution in [0.4, 0.5) is 5.00 Å². The van der Waals surface area contributed by atoms with Gasteiger partial charge in [0.25, 0.3) is 0 Å². The summed E-state index contributed by atoms with van der Waals surface area (Å²) in [4.78, 5) is 28.5. The van der Waals surface area contributed by atoms with Crippen molar-refractivity contribution in [3.8, 4) is 0 Å². The van der Waals surface area contributed by atoms with E-state index in [1.807, 2.05) is 25.6 Å². The van der Waals surface area contributed by atoms with Gasteiger partial charge in [-0.3, -0.25) is 9.69 Å². The number of aryl methyl sites for hydroxylation is 1. The number of carbonyl (C=O) groups excluding carboxylic acids is 2. The Balaban J connectivity index is 1.68. The third kappa shape index (κ3) is 5.28. The van der Waals surface area contributed by atoms with Crippen LogP contribution in [-0.4, -0.2) is 66.7 Å². The number of hydrogen-bond acceptors (Lipinski definition) is 7. The van der Waals surface area contributed by atoms with E-state index in [4.69, 9.17) is 9.47 Å². The number of anilines is 1. The Morgan fingerprint density at radius 2 is 2.14 bits per heavy atom. The van der Waals surface area contributed by atoms with Gasteiger partial charge in [0.1, 0.15) is 5.00 Å². The number of nitrogens with zero attached hydrogens (tertiary/aromatic N) is 1.